The van der Waals surface area contributed by atoms with E-state index in [0.717, 1.165) is 12.1 Å². The van der Waals surface area contributed by atoms with Gasteiger partial charge in [-0.05, 0) is 17.7 Å². The molecule has 0 saturated carbocycles. The minimum absolute atomic E-state index is 0.261. The molecule has 0 fully saturated rings. The van der Waals surface area contributed by atoms with Gasteiger partial charge in [0, 0.05) is 6.07 Å². The van der Waals surface area contributed by atoms with Crippen LogP contribution < -0.4 is 10.5 Å². The molecule has 21 heavy (non-hydrogen) atoms. The number of hydrogen-bond donors (Lipinski definition) is 2. The number of hydrogen-bond acceptors (Lipinski definition) is 3. The van der Waals surface area contributed by atoms with Crippen LogP contribution in [0.4, 0.5) is 8.78 Å². The van der Waals surface area contributed by atoms with Gasteiger partial charge < -0.3 is 15.6 Å². The van der Waals surface area contributed by atoms with Crippen molar-refractivity contribution < 1.29 is 23.4 Å². The number of carbonyl (C=O) groups is 1. The fourth-order valence-corrected chi connectivity index (χ4v) is 1.79. The van der Waals surface area contributed by atoms with E-state index in [1.165, 1.54) is 0 Å². The fraction of sp³-hybridized carbons (Fsp3) is 0.133. The van der Waals surface area contributed by atoms with Crippen LogP contribution in [0.2, 0.25) is 0 Å². The summed E-state index contributed by atoms with van der Waals surface area (Å²) < 4.78 is 31.4. The number of carboxylic acids is 1. The molecule has 6 heteroatoms. The van der Waals surface area contributed by atoms with Crippen LogP contribution in [-0.2, 0) is 10.3 Å². The number of aliphatic carboxylic acids is 1. The zero-order valence-electron chi connectivity index (χ0n) is 10.9. The van der Waals surface area contributed by atoms with Crippen LogP contribution in [0, 0.1) is 11.6 Å². The number of carboxylic acid groups (broad SMARTS) is 1. The Morgan fingerprint density at radius 2 is 1.86 bits per heavy atom. The van der Waals surface area contributed by atoms with Crippen molar-refractivity contribution in [1.29, 1.82) is 0 Å². The molecule has 0 aliphatic carbocycles. The summed E-state index contributed by atoms with van der Waals surface area (Å²) in [6.45, 7) is -0.491. The largest absolute Gasteiger partial charge is 0.488 e. The van der Waals surface area contributed by atoms with E-state index in [4.69, 9.17) is 10.5 Å². The Hall–Kier alpha value is -2.47. The minimum atomic E-state index is -1.83. The highest BCUT2D eigenvalue weighted by molar-refractivity contribution is 5.80. The van der Waals surface area contributed by atoms with E-state index in [1.54, 1.807) is 30.3 Å². The lowest BCUT2D eigenvalue weighted by atomic mass is 9.92. The maximum absolute atomic E-state index is 13.5. The molecule has 1 unspecified atom stereocenters. The van der Waals surface area contributed by atoms with Gasteiger partial charge in [0.05, 0.1) is 0 Å². The quantitative estimate of drug-likeness (QED) is 0.887. The standard InChI is InChI=1S/C15H13F2NO3/c16-11-6-7-13(12(17)8-11)21-9-15(18,14(19)20)10-4-2-1-3-5-10/h1-8H,9,18H2,(H,19,20). The molecule has 0 bridgehead atoms. The molecule has 0 radical (unpaired) electrons. The second-order valence-electron chi connectivity index (χ2n) is 4.51. The molecule has 2 aromatic carbocycles. The van der Waals surface area contributed by atoms with E-state index < -0.39 is 29.7 Å². The SMILES string of the molecule is NC(COc1ccc(F)cc1F)(C(=O)O)c1ccccc1. The Kier molecular flexibility index (Phi) is 4.18. The van der Waals surface area contributed by atoms with Gasteiger partial charge in [0.2, 0.25) is 0 Å². The first-order valence-electron chi connectivity index (χ1n) is 6.09. The number of rotatable bonds is 5. The van der Waals surface area contributed by atoms with Crippen molar-refractivity contribution >= 4 is 5.97 Å². The molecule has 0 spiro atoms. The summed E-state index contributed by atoms with van der Waals surface area (Å²) in [4.78, 5) is 11.4. The third-order valence-electron chi connectivity index (χ3n) is 3.02. The third kappa shape index (κ3) is 3.17. The predicted octanol–water partition coefficient (Wildman–Crippen LogP) is 2.28. The number of benzene rings is 2. The first kappa shape index (κ1) is 14.9. The summed E-state index contributed by atoms with van der Waals surface area (Å²) in [5, 5.41) is 9.32. The number of halogens is 2. The molecule has 0 aliphatic heterocycles. The van der Waals surface area contributed by atoms with Crippen LogP contribution in [0.5, 0.6) is 5.75 Å². The second kappa shape index (κ2) is 5.88. The highest BCUT2D eigenvalue weighted by Gasteiger charge is 2.37. The first-order valence-corrected chi connectivity index (χ1v) is 6.09. The van der Waals surface area contributed by atoms with Crippen molar-refractivity contribution in [2.75, 3.05) is 6.61 Å². The van der Waals surface area contributed by atoms with Crippen molar-refractivity contribution in [2.24, 2.45) is 5.73 Å². The first-order chi connectivity index (χ1) is 9.93. The van der Waals surface area contributed by atoms with Gasteiger partial charge in [-0.15, -0.1) is 0 Å². The van der Waals surface area contributed by atoms with E-state index >= 15 is 0 Å². The molecule has 0 aromatic heterocycles. The molecule has 110 valence electrons. The van der Waals surface area contributed by atoms with Crippen LogP contribution in [0.25, 0.3) is 0 Å². The van der Waals surface area contributed by atoms with E-state index in [0.29, 0.717) is 11.6 Å². The summed E-state index contributed by atoms with van der Waals surface area (Å²) in [7, 11) is 0. The van der Waals surface area contributed by atoms with Gasteiger partial charge in [0.25, 0.3) is 0 Å². The molecule has 4 nitrogen and oxygen atoms in total. The average Bonchev–Trinajstić information content (AvgIpc) is 2.46. The molecule has 1 atom stereocenters. The molecule has 3 N–H and O–H groups in total. The van der Waals surface area contributed by atoms with Gasteiger partial charge in [0.1, 0.15) is 12.4 Å². The van der Waals surface area contributed by atoms with E-state index in [1.807, 2.05) is 0 Å². The van der Waals surface area contributed by atoms with E-state index in [9.17, 15) is 18.7 Å². The second-order valence-corrected chi connectivity index (χ2v) is 4.51. The van der Waals surface area contributed by atoms with E-state index in [2.05, 4.69) is 0 Å². The van der Waals surface area contributed by atoms with Crippen LogP contribution in [0.3, 0.4) is 0 Å². The average molecular weight is 293 g/mol. The van der Waals surface area contributed by atoms with Crippen LogP contribution in [-0.4, -0.2) is 17.7 Å². The maximum Gasteiger partial charge on any atom is 0.331 e. The summed E-state index contributed by atoms with van der Waals surface area (Å²) in [5.41, 5.74) is 4.36. The molecule has 0 heterocycles. The molecule has 2 rings (SSSR count). The van der Waals surface area contributed by atoms with Gasteiger partial charge >= 0.3 is 5.97 Å². The van der Waals surface area contributed by atoms with Gasteiger partial charge in [0.15, 0.2) is 17.1 Å². The summed E-state index contributed by atoms with van der Waals surface area (Å²) in [5.74, 6) is -3.24. The minimum Gasteiger partial charge on any atom is -0.488 e. The van der Waals surface area contributed by atoms with Gasteiger partial charge in [-0.1, -0.05) is 30.3 Å². The Balaban J connectivity index is 2.23. The zero-order chi connectivity index (χ0) is 15.5. The van der Waals surface area contributed by atoms with Crippen molar-refractivity contribution in [1.82, 2.24) is 0 Å². The lowest BCUT2D eigenvalue weighted by molar-refractivity contribution is -0.145. The van der Waals surface area contributed by atoms with Crippen LogP contribution in [0.1, 0.15) is 5.56 Å². The predicted molar refractivity (Wildman–Crippen MR) is 71.8 cm³/mol. The highest BCUT2D eigenvalue weighted by Crippen LogP contribution is 2.23. The molecule has 2 aromatic rings. The maximum atomic E-state index is 13.5. The van der Waals surface area contributed by atoms with Gasteiger partial charge in [-0.2, -0.15) is 0 Å². The number of nitrogens with two attached hydrogens (primary N) is 1. The van der Waals surface area contributed by atoms with Crippen LogP contribution >= 0.6 is 0 Å². The smallest absolute Gasteiger partial charge is 0.331 e. The lowest BCUT2D eigenvalue weighted by Gasteiger charge is -2.25. The van der Waals surface area contributed by atoms with Crippen molar-refractivity contribution in [3.8, 4) is 5.75 Å². The normalized spacial score (nSPS) is 13.5. The van der Waals surface area contributed by atoms with Crippen molar-refractivity contribution in [3.63, 3.8) is 0 Å². The molecular formula is C15H13F2NO3. The van der Waals surface area contributed by atoms with Crippen LogP contribution in [0.15, 0.2) is 48.5 Å². The Labute approximate surface area is 119 Å². The molecular weight excluding hydrogens is 280 g/mol. The summed E-state index contributed by atoms with van der Waals surface area (Å²) in [6, 6.07) is 10.8. The Morgan fingerprint density at radius 3 is 2.43 bits per heavy atom. The lowest BCUT2D eigenvalue weighted by Crippen LogP contribution is -2.49. The Morgan fingerprint density at radius 1 is 1.19 bits per heavy atom. The molecule has 0 amide bonds. The summed E-state index contributed by atoms with van der Waals surface area (Å²) in [6.07, 6.45) is 0. The van der Waals surface area contributed by atoms with Gasteiger partial charge in [-0.25, -0.2) is 13.6 Å². The fourth-order valence-electron chi connectivity index (χ4n) is 1.79. The number of ether oxygens (including phenoxy) is 1. The monoisotopic (exact) mass is 293 g/mol. The highest BCUT2D eigenvalue weighted by atomic mass is 19.1. The van der Waals surface area contributed by atoms with Crippen molar-refractivity contribution in [2.45, 2.75) is 5.54 Å². The third-order valence-corrected chi connectivity index (χ3v) is 3.02. The molecule has 0 aliphatic rings. The topological polar surface area (TPSA) is 72.5 Å². The molecule has 0 saturated heterocycles. The Bertz CT molecular complexity index is 649. The zero-order valence-corrected chi connectivity index (χ0v) is 10.9. The summed E-state index contributed by atoms with van der Waals surface area (Å²) >= 11 is 0. The van der Waals surface area contributed by atoms with Crippen molar-refractivity contribution in [3.05, 3.63) is 65.7 Å². The van der Waals surface area contributed by atoms with Gasteiger partial charge in [-0.3, -0.25) is 0 Å². The van der Waals surface area contributed by atoms with E-state index in [-0.39, 0.29) is 5.75 Å².